The molecule has 30 heavy (non-hydrogen) atoms. The van der Waals surface area contributed by atoms with Gasteiger partial charge in [-0.05, 0) is 49.1 Å². The Kier molecular flexibility index (Phi) is 7.43. The minimum Gasteiger partial charge on any atom is -0.484 e. The molecule has 0 radical (unpaired) electrons. The summed E-state index contributed by atoms with van der Waals surface area (Å²) in [5.74, 6) is 0.377. The third kappa shape index (κ3) is 6.92. The van der Waals surface area contributed by atoms with E-state index in [1.807, 2.05) is 31.2 Å². The summed E-state index contributed by atoms with van der Waals surface area (Å²) in [5, 5.41) is 8.50. The SMILES string of the molecule is CCCC(=O)Nc1cccc(CNC(=O)COc2cccc(NC(=O)C3CC3)c2)c1. The summed E-state index contributed by atoms with van der Waals surface area (Å²) in [6.07, 6.45) is 3.15. The van der Waals surface area contributed by atoms with Gasteiger partial charge < -0.3 is 20.7 Å². The topological polar surface area (TPSA) is 96.5 Å². The summed E-state index contributed by atoms with van der Waals surface area (Å²) >= 11 is 0. The minimum atomic E-state index is -0.261. The Bertz CT molecular complexity index is 909. The summed E-state index contributed by atoms with van der Waals surface area (Å²) in [5.41, 5.74) is 2.25. The second kappa shape index (κ2) is 10.4. The Balaban J connectivity index is 1.44. The average molecular weight is 409 g/mol. The van der Waals surface area contributed by atoms with Crippen LogP contribution in [0.25, 0.3) is 0 Å². The molecule has 7 nitrogen and oxygen atoms in total. The van der Waals surface area contributed by atoms with Crippen molar-refractivity contribution in [2.24, 2.45) is 5.92 Å². The summed E-state index contributed by atoms with van der Waals surface area (Å²) in [6, 6.07) is 14.4. The molecular formula is C23H27N3O4. The molecule has 0 saturated heterocycles. The molecule has 0 aromatic heterocycles. The summed E-state index contributed by atoms with van der Waals surface area (Å²) in [6.45, 7) is 2.15. The zero-order valence-electron chi connectivity index (χ0n) is 17.1. The zero-order valence-corrected chi connectivity index (χ0v) is 17.1. The molecule has 0 atom stereocenters. The molecule has 0 unspecified atom stereocenters. The molecule has 3 N–H and O–H groups in total. The normalized spacial score (nSPS) is 12.7. The van der Waals surface area contributed by atoms with Crippen LogP contribution in [-0.2, 0) is 20.9 Å². The molecule has 158 valence electrons. The van der Waals surface area contributed by atoms with E-state index in [-0.39, 0.29) is 30.2 Å². The van der Waals surface area contributed by atoms with Gasteiger partial charge in [-0.25, -0.2) is 0 Å². The van der Waals surface area contributed by atoms with Gasteiger partial charge in [0.25, 0.3) is 5.91 Å². The van der Waals surface area contributed by atoms with Gasteiger partial charge in [0.1, 0.15) is 5.75 Å². The molecule has 3 rings (SSSR count). The van der Waals surface area contributed by atoms with Crippen LogP contribution in [0.4, 0.5) is 11.4 Å². The molecule has 7 heteroatoms. The van der Waals surface area contributed by atoms with Crippen LogP contribution in [0.15, 0.2) is 48.5 Å². The number of carbonyl (C=O) groups excluding carboxylic acids is 3. The van der Waals surface area contributed by atoms with E-state index in [1.165, 1.54) is 0 Å². The fraction of sp³-hybridized carbons (Fsp3) is 0.348. The predicted molar refractivity (Wildman–Crippen MR) is 115 cm³/mol. The van der Waals surface area contributed by atoms with Crippen molar-refractivity contribution in [2.75, 3.05) is 17.2 Å². The van der Waals surface area contributed by atoms with Crippen LogP contribution in [0.2, 0.25) is 0 Å². The highest BCUT2D eigenvalue weighted by molar-refractivity contribution is 5.94. The number of ether oxygens (including phenoxy) is 1. The summed E-state index contributed by atoms with van der Waals surface area (Å²) in [4.78, 5) is 35.7. The van der Waals surface area contributed by atoms with Crippen LogP contribution in [0.3, 0.4) is 0 Å². The molecule has 1 fully saturated rings. The Morgan fingerprint density at radius 1 is 0.967 bits per heavy atom. The number of carbonyl (C=O) groups is 3. The lowest BCUT2D eigenvalue weighted by Crippen LogP contribution is -2.28. The van der Waals surface area contributed by atoms with Gasteiger partial charge in [-0.1, -0.05) is 25.1 Å². The molecule has 0 heterocycles. The van der Waals surface area contributed by atoms with Crippen molar-refractivity contribution >= 4 is 29.1 Å². The van der Waals surface area contributed by atoms with E-state index >= 15 is 0 Å². The van der Waals surface area contributed by atoms with Crippen molar-refractivity contribution in [1.82, 2.24) is 5.32 Å². The number of anilines is 2. The fourth-order valence-corrected chi connectivity index (χ4v) is 2.86. The highest BCUT2D eigenvalue weighted by atomic mass is 16.5. The third-order valence-electron chi connectivity index (χ3n) is 4.60. The zero-order chi connectivity index (χ0) is 21.3. The molecule has 0 bridgehead atoms. The van der Waals surface area contributed by atoms with Gasteiger partial charge in [0.2, 0.25) is 11.8 Å². The van der Waals surface area contributed by atoms with Crippen LogP contribution in [0.1, 0.15) is 38.2 Å². The molecule has 0 aliphatic heterocycles. The van der Waals surface area contributed by atoms with Gasteiger partial charge in [-0.15, -0.1) is 0 Å². The van der Waals surface area contributed by atoms with Crippen LogP contribution >= 0.6 is 0 Å². The van der Waals surface area contributed by atoms with E-state index in [9.17, 15) is 14.4 Å². The molecule has 1 saturated carbocycles. The number of amides is 3. The van der Waals surface area contributed by atoms with Gasteiger partial charge in [0, 0.05) is 36.3 Å². The highest BCUT2D eigenvalue weighted by Crippen LogP contribution is 2.30. The monoisotopic (exact) mass is 409 g/mol. The first-order valence-corrected chi connectivity index (χ1v) is 10.2. The maximum Gasteiger partial charge on any atom is 0.258 e. The molecule has 2 aromatic rings. The lowest BCUT2D eigenvalue weighted by molar-refractivity contribution is -0.123. The molecule has 3 amide bonds. The Labute approximate surface area is 176 Å². The molecule has 0 spiro atoms. The van der Waals surface area contributed by atoms with Gasteiger partial charge in [0.15, 0.2) is 6.61 Å². The maximum atomic E-state index is 12.1. The quantitative estimate of drug-likeness (QED) is 0.560. The van der Waals surface area contributed by atoms with Crippen molar-refractivity contribution in [2.45, 2.75) is 39.2 Å². The van der Waals surface area contributed by atoms with Gasteiger partial charge in [0.05, 0.1) is 0 Å². The van der Waals surface area contributed by atoms with Crippen molar-refractivity contribution < 1.29 is 19.1 Å². The van der Waals surface area contributed by atoms with E-state index in [1.54, 1.807) is 24.3 Å². The number of hydrogen-bond donors (Lipinski definition) is 3. The third-order valence-corrected chi connectivity index (χ3v) is 4.60. The number of rotatable bonds is 10. The van der Waals surface area contributed by atoms with Crippen molar-refractivity contribution in [3.8, 4) is 5.75 Å². The fourth-order valence-electron chi connectivity index (χ4n) is 2.86. The first-order valence-electron chi connectivity index (χ1n) is 10.2. The second-order valence-electron chi connectivity index (χ2n) is 7.36. The molecular weight excluding hydrogens is 382 g/mol. The van der Waals surface area contributed by atoms with Crippen molar-refractivity contribution in [3.63, 3.8) is 0 Å². The Hall–Kier alpha value is -3.35. The molecule has 1 aliphatic carbocycles. The lowest BCUT2D eigenvalue weighted by Gasteiger charge is -2.10. The van der Waals surface area contributed by atoms with Crippen LogP contribution in [0, 0.1) is 5.92 Å². The Morgan fingerprint density at radius 3 is 2.43 bits per heavy atom. The highest BCUT2D eigenvalue weighted by Gasteiger charge is 2.29. The van der Waals surface area contributed by atoms with E-state index < -0.39 is 0 Å². The Morgan fingerprint density at radius 2 is 1.70 bits per heavy atom. The van der Waals surface area contributed by atoms with Gasteiger partial charge in [-0.2, -0.15) is 0 Å². The second-order valence-corrected chi connectivity index (χ2v) is 7.36. The first kappa shape index (κ1) is 21.4. The number of hydrogen-bond acceptors (Lipinski definition) is 4. The number of benzene rings is 2. The van der Waals surface area contributed by atoms with E-state index in [4.69, 9.17) is 4.74 Å². The standard InChI is InChI=1S/C23H27N3O4/c1-2-5-21(27)25-18-7-3-6-16(12-18)14-24-22(28)15-30-20-9-4-8-19(13-20)26-23(29)17-10-11-17/h3-4,6-9,12-13,17H,2,5,10-11,14-15H2,1H3,(H,24,28)(H,25,27)(H,26,29). The molecule has 1 aliphatic rings. The van der Waals surface area contributed by atoms with Gasteiger partial charge >= 0.3 is 0 Å². The minimum absolute atomic E-state index is 0.0253. The van der Waals surface area contributed by atoms with Crippen LogP contribution in [-0.4, -0.2) is 24.3 Å². The molecule has 2 aromatic carbocycles. The van der Waals surface area contributed by atoms with Crippen molar-refractivity contribution in [3.05, 3.63) is 54.1 Å². The summed E-state index contributed by atoms with van der Waals surface area (Å²) in [7, 11) is 0. The maximum absolute atomic E-state index is 12.1. The first-order chi connectivity index (χ1) is 14.5. The predicted octanol–water partition coefficient (Wildman–Crippen LogP) is 3.47. The summed E-state index contributed by atoms with van der Waals surface area (Å²) < 4.78 is 5.54. The average Bonchev–Trinajstić information content (AvgIpc) is 3.57. The van der Waals surface area contributed by atoms with Crippen LogP contribution in [0.5, 0.6) is 5.75 Å². The largest absolute Gasteiger partial charge is 0.484 e. The van der Waals surface area contributed by atoms with E-state index in [0.717, 1.165) is 24.8 Å². The van der Waals surface area contributed by atoms with E-state index in [2.05, 4.69) is 16.0 Å². The van der Waals surface area contributed by atoms with Gasteiger partial charge in [-0.3, -0.25) is 14.4 Å². The lowest BCUT2D eigenvalue weighted by atomic mass is 10.2. The number of nitrogens with one attached hydrogen (secondary N) is 3. The van der Waals surface area contributed by atoms with E-state index in [0.29, 0.717) is 30.1 Å². The van der Waals surface area contributed by atoms with Crippen LogP contribution < -0.4 is 20.7 Å². The smallest absolute Gasteiger partial charge is 0.258 e. The van der Waals surface area contributed by atoms with Crippen molar-refractivity contribution in [1.29, 1.82) is 0 Å².